The van der Waals surface area contributed by atoms with Crippen LogP contribution in [0.4, 0.5) is 0 Å². The van der Waals surface area contributed by atoms with Crippen LogP contribution in [-0.2, 0) is 6.61 Å². The first-order valence-corrected chi connectivity index (χ1v) is 5.90. The highest BCUT2D eigenvalue weighted by molar-refractivity contribution is 5.80. The van der Waals surface area contributed by atoms with Crippen LogP contribution in [0.3, 0.4) is 0 Å². The molecule has 0 aromatic heterocycles. The quantitative estimate of drug-likeness (QED) is 0.784. The van der Waals surface area contributed by atoms with Crippen molar-refractivity contribution in [1.82, 2.24) is 0 Å². The SMILES string of the molecule is Cc1ccc(COc2ccc(C#N)cc2C=O)cc1. The van der Waals surface area contributed by atoms with Gasteiger partial charge in [-0.25, -0.2) is 0 Å². The Hall–Kier alpha value is -2.60. The molecular formula is C16H13NO2. The van der Waals surface area contributed by atoms with Crippen LogP contribution < -0.4 is 4.74 Å². The number of benzene rings is 2. The summed E-state index contributed by atoms with van der Waals surface area (Å²) < 4.78 is 5.61. The molecule has 0 N–H and O–H groups in total. The van der Waals surface area contributed by atoms with Gasteiger partial charge in [-0.05, 0) is 30.7 Å². The summed E-state index contributed by atoms with van der Waals surface area (Å²) in [5.41, 5.74) is 3.07. The van der Waals surface area contributed by atoms with E-state index in [4.69, 9.17) is 10.00 Å². The first kappa shape index (κ1) is 12.8. The Bertz CT molecular complexity index is 624. The third-order valence-corrected chi connectivity index (χ3v) is 2.78. The Morgan fingerprint density at radius 3 is 2.58 bits per heavy atom. The van der Waals surface area contributed by atoms with E-state index in [0.717, 1.165) is 5.56 Å². The predicted molar refractivity (Wildman–Crippen MR) is 72.1 cm³/mol. The van der Waals surface area contributed by atoms with Crippen molar-refractivity contribution in [3.8, 4) is 11.8 Å². The maximum absolute atomic E-state index is 11.0. The van der Waals surface area contributed by atoms with E-state index in [-0.39, 0.29) is 0 Å². The fourth-order valence-corrected chi connectivity index (χ4v) is 1.69. The molecule has 2 aromatic carbocycles. The first-order valence-electron chi connectivity index (χ1n) is 5.90. The van der Waals surface area contributed by atoms with Gasteiger partial charge < -0.3 is 4.74 Å². The topological polar surface area (TPSA) is 50.1 Å². The number of aldehydes is 1. The number of ether oxygens (including phenoxy) is 1. The second-order valence-electron chi connectivity index (χ2n) is 4.26. The molecule has 3 heteroatoms. The molecule has 2 aromatic rings. The molecule has 0 radical (unpaired) electrons. The van der Waals surface area contributed by atoms with Crippen molar-refractivity contribution in [2.24, 2.45) is 0 Å². The Balaban J connectivity index is 2.13. The minimum atomic E-state index is 0.395. The van der Waals surface area contributed by atoms with Gasteiger partial charge in [0, 0.05) is 0 Å². The summed E-state index contributed by atoms with van der Waals surface area (Å²) in [6.45, 7) is 2.42. The van der Waals surface area contributed by atoms with Crippen LogP contribution in [0.25, 0.3) is 0 Å². The van der Waals surface area contributed by atoms with Gasteiger partial charge in [0.2, 0.25) is 0 Å². The van der Waals surface area contributed by atoms with Gasteiger partial charge in [0.15, 0.2) is 6.29 Å². The van der Waals surface area contributed by atoms with E-state index < -0.39 is 0 Å². The molecule has 19 heavy (non-hydrogen) atoms. The Morgan fingerprint density at radius 1 is 1.21 bits per heavy atom. The molecule has 2 rings (SSSR count). The lowest BCUT2D eigenvalue weighted by molar-refractivity contribution is 0.111. The van der Waals surface area contributed by atoms with Crippen LogP contribution in [0, 0.1) is 18.3 Å². The number of carbonyl (C=O) groups excluding carboxylic acids is 1. The summed E-state index contributed by atoms with van der Waals surface area (Å²) >= 11 is 0. The van der Waals surface area contributed by atoms with Crippen LogP contribution in [-0.4, -0.2) is 6.29 Å². The number of carbonyl (C=O) groups is 1. The minimum Gasteiger partial charge on any atom is -0.488 e. The van der Waals surface area contributed by atoms with Crippen molar-refractivity contribution < 1.29 is 9.53 Å². The van der Waals surface area contributed by atoms with Gasteiger partial charge in [-0.15, -0.1) is 0 Å². The van der Waals surface area contributed by atoms with Crippen molar-refractivity contribution in [2.75, 3.05) is 0 Å². The average molecular weight is 251 g/mol. The van der Waals surface area contributed by atoms with Gasteiger partial charge in [0.05, 0.1) is 17.2 Å². The van der Waals surface area contributed by atoms with E-state index in [1.165, 1.54) is 11.6 Å². The van der Waals surface area contributed by atoms with Gasteiger partial charge >= 0.3 is 0 Å². The number of hydrogen-bond acceptors (Lipinski definition) is 3. The smallest absolute Gasteiger partial charge is 0.153 e. The van der Waals surface area contributed by atoms with Crippen molar-refractivity contribution in [3.05, 3.63) is 64.7 Å². The lowest BCUT2D eigenvalue weighted by Gasteiger charge is -2.08. The molecule has 3 nitrogen and oxygen atoms in total. The Kier molecular flexibility index (Phi) is 3.94. The molecular weight excluding hydrogens is 238 g/mol. The summed E-state index contributed by atoms with van der Waals surface area (Å²) in [5.74, 6) is 0.495. The van der Waals surface area contributed by atoms with E-state index in [9.17, 15) is 4.79 Å². The summed E-state index contributed by atoms with van der Waals surface area (Å²) in [6.07, 6.45) is 0.700. The van der Waals surface area contributed by atoms with Gasteiger partial charge in [0.1, 0.15) is 12.4 Å². The number of aryl methyl sites for hydroxylation is 1. The van der Waals surface area contributed by atoms with E-state index in [2.05, 4.69) is 0 Å². The molecule has 0 amide bonds. The highest BCUT2D eigenvalue weighted by atomic mass is 16.5. The first-order chi connectivity index (χ1) is 9.22. The third kappa shape index (κ3) is 3.20. The second-order valence-corrected chi connectivity index (χ2v) is 4.26. The Morgan fingerprint density at radius 2 is 1.95 bits per heavy atom. The molecule has 0 spiro atoms. The molecule has 0 bridgehead atoms. The van der Waals surface area contributed by atoms with Gasteiger partial charge in [0.25, 0.3) is 0 Å². The number of nitrogens with zero attached hydrogens (tertiary/aromatic N) is 1. The monoisotopic (exact) mass is 251 g/mol. The Labute approximate surface area is 112 Å². The maximum atomic E-state index is 11.0. The van der Waals surface area contributed by atoms with Crippen molar-refractivity contribution >= 4 is 6.29 Å². The van der Waals surface area contributed by atoms with Crippen molar-refractivity contribution in [1.29, 1.82) is 5.26 Å². The van der Waals surface area contributed by atoms with Crippen molar-refractivity contribution in [3.63, 3.8) is 0 Å². The standard InChI is InChI=1S/C16H13NO2/c1-12-2-4-13(5-3-12)11-19-16-7-6-14(9-17)8-15(16)10-18/h2-8,10H,11H2,1H3. The van der Waals surface area contributed by atoms with Crippen LogP contribution in [0.1, 0.15) is 27.0 Å². The van der Waals surface area contributed by atoms with E-state index >= 15 is 0 Å². The lowest BCUT2D eigenvalue weighted by Crippen LogP contribution is -1.98. The molecule has 0 fully saturated rings. The highest BCUT2D eigenvalue weighted by Crippen LogP contribution is 2.19. The van der Waals surface area contributed by atoms with E-state index in [1.54, 1.807) is 12.1 Å². The van der Waals surface area contributed by atoms with Crippen LogP contribution in [0.15, 0.2) is 42.5 Å². The summed E-state index contributed by atoms with van der Waals surface area (Å²) in [6, 6.07) is 14.8. The molecule has 0 atom stereocenters. The van der Waals surface area contributed by atoms with Crippen LogP contribution in [0.5, 0.6) is 5.75 Å². The van der Waals surface area contributed by atoms with E-state index in [1.807, 2.05) is 37.3 Å². The highest BCUT2D eigenvalue weighted by Gasteiger charge is 2.04. The van der Waals surface area contributed by atoms with Gasteiger partial charge in [-0.3, -0.25) is 4.79 Å². The molecule has 0 aliphatic carbocycles. The predicted octanol–water partition coefficient (Wildman–Crippen LogP) is 3.26. The maximum Gasteiger partial charge on any atom is 0.153 e. The summed E-state index contributed by atoms with van der Waals surface area (Å²) in [5, 5.41) is 8.78. The molecule has 0 heterocycles. The average Bonchev–Trinajstić information content (AvgIpc) is 2.46. The van der Waals surface area contributed by atoms with E-state index in [0.29, 0.717) is 29.8 Å². The summed E-state index contributed by atoms with van der Waals surface area (Å²) in [4.78, 5) is 11.0. The summed E-state index contributed by atoms with van der Waals surface area (Å²) in [7, 11) is 0. The molecule has 0 aliphatic heterocycles. The van der Waals surface area contributed by atoms with Crippen molar-refractivity contribution in [2.45, 2.75) is 13.5 Å². The zero-order chi connectivity index (χ0) is 13.7. The minimum absolute atomic E-state index is 0.395. The molecule has 0 saturated carbocycles. The van der Waals surface area contributed by atoms with Gasteiger partial charge in [-0.2, -0.15) is 5.26 Å². The zero-order valence-corrected chi connectivity index (χ0v) is 10.6. The molecule has 94 valence electrons. The molecule has 0 unspecified atom stereocenters. The normalized spacial score (nSPS) is 9.68. The third-order valence-electron chi connectivity index (χ3n) is 2.78. The number of nitriles is 1. The zero-order valence-electron chi connectivity index (χ0n) is 10.6. The fraction of sp³-hybridized carbons (Fsp3) is 0.125. The largest absolute Gasteiger partial charge is 0.488 e. The van der Waals surface area contributed by atoms with Crippen LogP contribution in [0.2, 0.25) is 0 Å². The number of hydrogen-bond donors (Lipinski definition) is 0. The fourth-order valence-electron chi connectivity index (χ4n) is 1.69. The molecule has 0 saturated heterocycles. The molecule has 0 aliphatic rings. The van der Waals surface area contributed by atoms with Gasteiger partial charge in [-0.1, -0.05) is 29.8 Å². The van der Waals surface area contributed by atoms with Crippen LogP contribution >= 0.6 is 0 Å². The lowest BCUT2D eigenvalue weighted by atomic mass is 10.1. The second kappa shape index (κ2) is 5.83. The number of rotatable bonds is 4.